The normalized spacial score (nSPS) is 19.3. The molecule has 7 nitrogen and oxygen atoms in total. The summed E-state index contributed by atoms with van der Waals surface area (Å²) in [6.07, 6.45) is 2.32. The number of fused-ring (bicyclic) bond motifs is 1. The van der Waals surface area contributed by atoms with Crippen LogP contribution in [0.1, 0.15) is 43.7 Å². The van der Waals surface area contributed by atoms with Crippen LogP contribution in [0.2, 0.25) is 5.02 Å². The van der Waals surface area contributed by atoms with Crippen LogP contribution < -0.4 is 10.2 Å². The lowest BCUT2D eigenvalue weighted by molar-refractivity contribution is -0.135. The lowest BCUT2D eigenvalue weighted by Crippen LogP contribution is -2.52. The number of aromatic nitrogens is 2. The maximum absolute atomic E-state index is 13.5. The number of hydrogen-bond acceptors (Lipinski definition) is 6. The molecule has 1 unspecified atom stereocenters. The zero-order valence-corrected chi connectivity index (χ0v) is 19.8. The number of nitrogens with one attached hydrogen (secondary N) is 1. The first-order chi connectivity index (χ1) is 15.4. The Morgan fingerprint density at radius 1 is 1.19 bits per heavy atom. The molecule has 2 aromatic rings. The van der Waals surface area contributed by atoms with Crippen LogP contribution in [-0.4, -0.2) is 59.5 Å². The molecule has 1 fully saturated rings. The lowest BCUT2D eigenvalue weighted by Gasteiger charge is -2.38. The van der Waals surface area contributed by atoms with Crippen LogP contribution in [0.4, 0.5) is 5.82 Å². The van der Waals surface area contributed by atoms with Gasteiger partial charge in [-0.2, -0.15) is 0 Å². The third kappa shape index (κ3) is 5.22. The van der Waals surface area contributed by atoms with Crippen molar-refractivity contribution in [3.8, 4) is 0 Å². The number of amides is 1. The summed E-state index contributed by atoms with van der Waals surface area (Å²) in [4.78, 5) is 26.6. The van der Waals surface area contributed by atoms with Crippen LogP contribution in [0, 0.1) is 5.92 Å². The summed E-state index contributed by atoms with van der Waals surface area (Å²) in [5, 5.41) is 4.16. The molecule has 1 saturated heterocycles. The molecule has 1 aromatic heterocycles. The summed E-state index contributed by atoms with van der Waals surface area (Å²) in [6, 6.07) is 8.12. The van der Waals surface area contributed by atoms with Crippen molar-refractivity contribution in [3.63, 3.8) is 0 Å². The summed E-state index contributed by atoms with van der Waals surface area (Å²) >= 11 is 6.03. The molecule has 2 atom stereocenters. The van der Waals surface area contributed by atoms with Gasteiger partial charge in [0.2, 0.25) is 5.91 Å². The van der Waals surface area contributed by atoms with Gasteiger partial charge in [0.25, 0.3) is 0 Å². The molecule has 3 heterocycles. The lowest BCUT2D eigenvalue weighted by atomic mass is 9.97. The van der Waals surface area contributed by atoms with Crippen LogP contribution in [0.15, 0.2) is 30.6 Å². The van der Waals surface area contributed by atoms with E-state index in [-0.39, 0.29) is 17.9 Å². The van der Waals surface area contributed by atoms with Crippen molar-refractivity contribution in [1.82, 2.24) is 20.2 Å². The monoisotopic (exact) mass is 457 g/mol. The van der Waals surface area contributed by atoms with Gasteiger partial charge in [0.15, 0.2) is 0 Å². The first-order valence-corrected chi connectivity index (χ1v) is 11.8. The van der Waals surface area contributed by atoms with Gasteiger partial charge in [-0.25, -0.2) is 9.97 Å². The second kappa shape index (κ2) is 10.1. The van der Waals surface area contributed by atoms with Gasteiger partial charge in [0.1, 0.15) is 12.1 Å². The van der Waals surface area contributed by atoms with Crippen molar-refractivity contribution in [1.29, 1.82) is 0 Å². The minimum Gasteiger partial charge on any atom is -0.367 e. The Hall–Kier alpha value is -2.22. The second-order valence-electron chi connectivity index (χ2n) is 8.91. The van der Waals surface area contributed by atoms with Gasteiger partial charge < -0.3 is 19.9 Å². The summed E-state index contributed by atoms with van der Waals surface area (Å²) < 4.78 is 5.75. The minimum absolute atomic E-state index is 0.00623. The smallest absolute Gasteiger partial charge is 0.227 e. The van der Waals surface area contributed by atoms with E-state index in [2.05, 4.69) is 34.0 Å². The van der Waals surface area contributed by atoms with Crippen molar-refractivity contribution >= 4 is 23.3 Å². The topological polar surface area (TPSA) is 70.6 Å². The Labute approximate surface area is 195 Å². The predicted molar refractivity (Wildman–Crippen MR) is 126 cm³/mol. The van der Waals surface area contributed by atoms with Crippen molar-refractivity contribution < 1.29 is 9.53 Å². The number of ether oxygens (including phenoxy) is 1. The van der Waals surface area contributed by atoms with Gasteiger partial charge in [-0.05, 0) is 31.0 Å². The summed E-state index contributed by atoms with van der Waals surface area (Å²) in [5.41, 5.74) is 3.19. The number of benzene rings is 1. The van der Waals surface area contributed by atoms with Gasteiger partial charge in [-0.1, -0.05) is 37.6 Å². The van der Waals surface area contributed by atoms with Crippen molar-refractivity contribution in [2.75, 3.05) is 37.6 Å². The van der Waals surface area contributed by atoms with Crippen LogP contribution >= 0.6 is 11.6 Å². The molecular formula is C24H32ClN5O2. The molecule has 4 rings (SSSR count). The fourth-order valence-electron chi connectivity index (χ4n) is 4.42. The molecule has 1 amide bonds. The molecule has 0 bridgehead atoms. The number of anilines is 1. The van der Waals surface area contributed by atoms with E-state index in [1.165, 1.54) is 0 Å². The highest BCUT2D eigenvalue weighted by Gasteiger charge is 2.32. The van der Waals surface area contributed by atoms with Crippen LogP contribution in [-0.2, 0) is 22.6 Å². The van der Waals surface area contributed by atoms with E-state index < -0.39 is 0 Å². The molecular weight excluding hydrogens is 426 g/mol. The summed E-state index contributed by atoms with van der Waals surface area (Å²) in [6.45, 7) is 10.3. The number of piperazine rings is 1. The third-order valence-electron chi connectivity index (χ3n) is 6.23. The highest BCUT2D eigenvalue weighted by atomic mass is 35.5. The molecule has 2 aliphatic rings. The fraction of sp³-hybridized carbons (Fsp3) is 0.542. The Bertz CT molecular complexity index is 928. The third-order valence-corrected chi connectivity index (χ3v) is 6.48. The van der Waals surface area contributed by atoms with Crippen molar-refractivity contribution in [2.24, 2.45) is 5.92 Å². The average molecular weight is 458 g/mol. The zero-order chi connectivity index (χ0) is 22.7. The Balaban J connectivity index is 1.42. The Kier molecular flexibility index (Phi) is 7.28. The molecule has 32 heavy (non-hydrogen) atoms. The fourth-order valence-corrected chi connectivity index (χ4v) is 4.54. The maximum atomic E-state index is 13.5. The van der Waals surface area contributed by atoms with Crippen molar-refractivity contribution in [3.05, 3.63) is 52.4 Å². The molecule has 0 aliphatic carbocycles. The van der Waals surface area contributed by atoms with Gasteiger partial charge in [-0.15, -0.1) is 0 Å². The Morgan fingerprint density at radius 2 is 1.91 bits per heavy atom. The van der Waals surface area contributed by atoms with E-state index in [0.717, 1.165) is 35.7 Å². The molecule has 1 N–H and O–H groups in total. The summed E-state index contributed by atoms with van der Waals surface area (Å²) in [7, 11) is 0. The second-order valence-corrected chi connectivity index (χ2v) is 9.35. The van der Waals surface area contributed by atoms with E-state index in [9.17, 15) is 4.79 Å². The number of carbonyl (C=O) groups is 1. The van der Waals surface area contributed by atoms with Gasteiger partial charge in [-0.3, -0.25) is 4.79 Å². The molecule has 0 spiro atoms. The van der Waals surface area contributed by atoms with E-state index in [1.54, 1.807) is 6.33 Å². The number of rotatable bonds is 7. The first-order valence-electron chi connectivity index (χ1n) is 11.4. The number of nitrogens with zero attached hydrogens (tertiary/aromatic N) is 4. The average Bonchev–Trinajstić information content (AvgIpc) is 3.18. The van der Waals surface area contributed by atoms with Crippen molar-refractivity contribution in [2.45, 2.75) is 45.9 Å². The SMILES string of the molecule is CC(C)NCC(Cc1ccc(Cl)cc1)C(=O)N1CCN(c2ncnc3c2[C@H](C)OC3)CC1. The number of halogens is 1. The van der Waals surface area contributed by atoms with Gasteiger partial charge >= 0.3 is 0 Å². The van der Waals surface area contributed by atoms with Crippen LogP contribution in [0.5, 0.6) is 0 Å². The van der Waals surface area contributed by atoms with E-state index in [0.29, 0.717) is 43.7 Å². The standard InChI is InChI=1S/C24H32ClN5O2/c1-16(2)26-13-19(12-18-4-6-20(25)7-5-18)24(31)30-10-8-29(9-11-30)23-22-17(3)32-14-21(22)27-15-28-23/h4-7,15-17,19,26H,8-14H2,1-3H3/t17-,19?/m0/s1. The molecule has 8 heteroatoms. The summed E-state index contributed by atoms with van der Waals surface area (Å²) in [5.74, 6) is 1.05. The minimum atomic E-state index is -0.109. The first kappa shape index (κ1) is 23.0. The highest BCUT2D eigenvalue weighted by molar-refractivity contribution is 6.30. The van der Waals surface area contributed by atoms with Crippen LogP contribution in [0.3, 0.4) is 0 Å². The largest absolute Gasteiger partial charge is 0.367 e. The van der Waals surface area contributed by atoms with E-state index >= 15 is 0 Å². The van der Waals surface area contributed by atoms with E-state index in [4.69, 9.17) is 16.3 Å². The molecule has 1 aromatic carbocycles. The molecule has 0 radical (unpaired) electrons. The molecule has 2 aliphatic heterocycles. The molecule has 172 valence electrons. The molecule has 0 saturated carbocycles. The Morgan fingerprint density at radius 3 is 2.59 bits per heavy atom. The quantitative estimate of drug-likeness (QED) is 0.688. The number of carbonyl (C=O) groups excluding carboxylic acids is 1. The van der Waals surface area contributed by atoms with Gasteiger partial charge in [0.05, 0.1) is 24.3 Å². The zero-order valence-electron chi connectivity index (χ0n) is 19.1. The number of hydrogen-bond donors (Lipinski definition) is 1. The maximum Gasteiger partial charge on any atom is 0.227 e. The predicted octanol–water partition coefficient (Wildman–Crippen LogP) is 3.23. The van der Waals surface area contributed by atoms with Crippen LogP contribution in [0.25, 0.3) is 0 Å². The highest BCUT2D eigenvalue weighted by Crippen LogP contribution is 2.35. The van der Waals surface area contributed by atoms with Gasteiger partial charge in [0, 0.05) is 49.4 Å². The van der Waals surface area contributed by atoms with E-state index in [1.807, 2.05) is 36.1 Å².